The molecule has 0 radical (unpaired) electrons. The molecule has 3 nitrogen and oxygen atoms in total. The molecular formula is C16H19ClN2O. The molecule has 1 amide bonds. The van der Waals surface area contributed by atoms with E-state index in [1.165, 1.54) is 25.7 Å². The lowest BCUT2D eigenvalue weighted by Crippen LogP contribution is -2.22. The second-order valence-electron chi connectivity index (χ2n) is 6.13. The number of rotatable bonds is 3. The molecule has 0 saturated heterocycles. The van der Waals surface area contributed by atoms with Gasteiger partial charge in [0, 0.05) is 10.9 Å². The molecule has 1 N–H and O–H groups in total. The molecule has 2 aliphatic rings. The fraction of sp³-hybridized carbons (Fsp3) is 0.500. The van der Waals surface area contributed by atoms with Crippen molar-refractivity contribution in [1.29, 1.82) is 0 Å². The summed E-state index contributed by atoms with van der Waals surface area (Å²) in [5.41, 5.74) is 3.80. The second kappa shape index (κ2) is 5.21. The molecule has 0 aromatic heterocycles. The van der Waals surface area contributed by atoms with Gasteiger partial charge in [0.1, 0.15) is 0 Å². The Hall–Kier alpha value is -1.35. The van der Waals surface area contributed by atoms with Crippen LogP contribution in [-0.4, -0.2) is 12.1 Å². The summed E-state index contributed by atoms with van der Waals surface area (Å²) in [6.07, 6.45) is 6.51. The number of hydrogen-bond acceptors (Lipinski definition) is 2. The monoisotopic (exact) mass is 290 g/mol. The Bertz CT molecular complexity index is 557. The number of nitrogens with zero attached hydrogens (tertiary/aromatic N) is 1. The summed E-state index contributed by atoms with van der Waals surface area (Å²) in [4.78, 5) is 12.2. The van der Waals surface area contributed by atoms with Crippen molar-refractivity contribution in [3.8, 4) is 0 Å². The van der Waals surface area contributed by atoms with Gasteiger partial charge in [0.05, 0.1) is 6.21 Å². The van der Waals surface area contributed by atoms with E-state index in [1.54, 1.807) is 6.21 Å². The Labute approximate surface area is 124 Å². The predicted octanol–water partition coefficient (Wildman–Crippen LogP) is 3.62. The standard InChI is InChI=1S/C16H19ClN2O/c1-16-8-3-2-7-13(16)14(16)15(20)19-18-10-11-5-4-6-12(17)9-11/h4-6,9-10,13-14H,2-3,7-8H2,1H3,(H,19,20). The summed E-state index contributed by atoms with van der Waals surface area (Å²) in [6.45, 7) is 2.24. The van der Waals surface area contributed by atoms with Crippen molar-refractivity contribution >= 4 is 23.7 Å². The van der Waals surface area contributed by atoms with Gasteiger partial charge in [-0.15, -0.1) is 0 Å². The lowest BCUT2D eigenvalue weighted by atomic mass is 9.90. The van der Waals surface area contributed by atoms with Gasteiger partial charge in [-0.25, -0.2) is 5.43 Å². The molecule has 0 spiro atoms. The first kappa shape index (κ1) is 13.6. The Kier molecular flexibility index (Phi) is 3.55. The highest BCUT2D eigenvalue weighted by atomic mass is 35.5. The maximum Gasteiger partial charge on any atom is 0.244 e. The van der Waals surface area contributed by atoms with E-state index < -0.39 is 0 Å². The van der Waals surface area contributed by atoms with Crippen LogP contribution in [0.5, 0.6) is 0 Å². The summed E-state index contributed by atoms with van der Waals surface area (Å²) in [6, 6.07) is 7.39. The summed E-state index contributed by atoms with van der Waals surface area (Å²) in [7, 11) is 0. The number of amides is 1. The van der Waals surface area contributed by atoms with E-state index in [2.05, 4.69) is 17.5 Å². The molecule has 1 aromatic rings. The van der Waals surface area contributed by atoms with E-state index in [0.29, 0.717) is 10.9 Å². The number of hydrogen-bond donors (Lipinski definition) is 1. The van der Waals surface area contributed by atoms with Gasteiger partial charge in [-0.3, -0.25) is 4.79 Å². The molecule has 3 rings (SSSR count). The number of fused-ring (bicyclic) bond motifs is 1. The zero-order valence-corrected chi connectivity index (χ0v) is 12.4. The van der Waals surface area contributed by atoms with Crippen LogP contribution in [0.1, 0.15) is 38.2 Å². The lowest BCUT2D eigenvalue weighted by molar-refractivity contribution is -0.123. The van der Waals surface area contributed by atoms with E-state index in [4.69, 9.17) is 11.6 Å². The van der Waals surface area contributed by atoms with Gasteiger partial charge < -0.3 is 0 Å². The Morgan fingerprint density at radius 1 is 1.50 bits per heavy atom. The minimum Gasteiger partial charge on any atom is -0.273 e. The molecule has 2 aliphatic carbocycles. The van der Waals surface area contributed by atoms with Crippen LogP contribution in [0.25, 0.3) is 0 Å². The van der Waals surface area contributed by atoms with Crippen molar-refractivity contribution in [2.75, 3.05) is 0 Å². The van der Waals surface area contributed by atoms with Crippen molar-refractivity contribution in [2.45, 2.75) is 32.6 Å². The highest BCUT2D eigenvalue weighted by molar-refractivity contribution is 6.30. The summed E-state index contributed by atoms with van der Waals surface area (Å²) < 4.78 is 0. The Morgan fingerprint density at radius 3 is 3.05 bits per heavy atom. The highest BCUT2D eigenvalue weighted by Crippen LogP contribution is 2.66. The minimum absolute atomic E-state index is 0.0673. The fourth-order valence-electron chi connectivity index (χ4n) is 3.68. The van der Waals surface area contributed by atoms with E-state index >= 15 is 0 Å². The molecule has 3 atom stereocenters. The normalized spacial score (nSPS) is 31.9. The van der Waals surface area contributed by atoms with Crippen molar-refractivity contribution in [3.05, 3.63) is 34.9 Å². The van der Waals surface area contributed by atoms with E-state index in [0.717, 1.165) is 5.56 Å². The largest absolute Gasteiger partial charge is 0.273 e. The van der Waals surface area contributed by atoms with Crippen LogP contribution in [0.3, 0.4) is 0 Å². The summed E-state index contributed by atoms with van der Waals surface area (Å²) in [5.74, 6) is 0.789. The smallest absolute Gasteiger partial charge is 0.244 e. The molecule has 2 saturated carbocycles. The van der Waals surface area contributed by atoms with Gasteiger partial charge >= 0.3 is 0 Å². The molecule has 0 aliphatic heterocycles. The van der Waals surface area contributed by atoms with Crippen LogP contribution in [0.2, 0.25) is 5.02 Å². The van der Waals surface area contributed by atoms with Crippen LogP contribution in [0.4, 0.5) is 0 Å². The van der Waals surface area contributed by atoms with Gasteiger partial charge in [-0.1, -0.05) is 43.5 Å². The van der Waals surface area contributed by atoms with Gasteiger partial charge in [0.15, 0.2) is 0 Å². The first-order valence-corrected chi connectivity index (χ1v) is 7.57. The van der Waals surface area contributed by atoms with Crippen molar-refractivity contribution in [1.82, 2.24) is 5.43 Å². The van der Waals surface area contributed by atoms with Gasteiger partial charge in [0.25, 0.3) is 0 Å². The molecule has 106 valence electrons. The van der Waals surface area contributed by atoms with E-state index in [1.807, 2.05) is 24.3 Å². The van der Waals surface area contributed by atoms with E-state index in [-0.39, 0.29) is 17.2 Å². The molecule has 1 aromatic carbocycles. The molecular weight excluding hydrogens is 272 g/mol. The number of hydrazone groups is 1. The Balaban J connectivity index is 1.58. The molecule has 20 heavy (non-hydrogen) atoms. The number of carbonyl (C=O) groups is 1. The SMILES string of the molecule is CC12CCCCC1C2C(=O)NN=Cc1cccc(Cl)c1. The van der Waals surface area contributed by atoms with Gasteiger partial charge in [-0.05, 0) is 41.9 Å². The Morgan fingerprint density at radius 2 is 2.35 bits per heavy atom. The van der Waals surface area contributed by atoms with E-state index in [9.17, 15) is 4.79 Å². The minimum atomic E-state index is 0.0673. The number of benzene rings is 1. The maximum absolute atomic E-state index is 12.2. The molecule has 0 heterocycles. The second-order valence-corrected chi connectivity index (χ2v) is 6.56. The highest BCUT2D eigenvalue weighted by Gasteiger charge is 2.64. The molecule has 3 unspecified atom stereocenters. The topological polar surface area (TPSA) is 41.5 Å². The van der Waals surface area contributed by atoms with Crippen LogP contribution < -0.4 is 5.43 Å². The van der Waals surface area contributed by atoms with Crippen LogP contribution >= 0.6 is 11.6 Å². The third kappa shape index (κ3) is 2.47. The average molecular weight is 291 g/mol. The third-order valence-corrected chi connectivity index (χ3v) is 5.09. The third-order valence-electron chi connectivity index (χ3n) is 4.85. The quantitative estimate of drug-likeness (QED) is 0.670. The first-order valence-electron chi connectivity index (χ1n) is 7.20. The maximum atomic E-state index is 12.2. The zero-order chi connectivity index (χ0) is 14.2. The van der Waals surface area contributed by atoms with Crippen LogP contribution in [0, 0.1) is 17.3 Å². The fourth-order valence-corrected chi connectivity index (χ4v) is 3.88. The molecule has 0 bridgehead atoms. The summed E-state index contributed by atoms with van der Waals surface area (Å²) >= 11 is 5.90. The zero-order valence-electron chi connectivity index (χ0n) is 11.6. The summed E-state index contributed by atoms with van der Waals surface area (Å²) in [5, 5.41) is 4.72. The van der Waals surface area contributed by atoms with Gasteiger partial charge in [0.2, 0.25) is 5.91 Å². The number of carbonyl (C=O) groups excluding carboxylic acids is 1. The lowest BCUT2D eigenvalue weighted by Gasteiger charge is -2.15. The number of halogens is 1. The van der Waals surface area contributed by atoms with Crippen LogP contribution in [-0.2, 0) is 4.79 Å². The predicted molar refractivity (Wildman–Crippen MR) is 80.7 cm³/mol. The van der Waals surface area contributed by atoms with Crippen molar-refractivity contribution in [2.24, 2.45) is 22.4 Å². The first-order chi connectivity index (χ1) is 9.61. The molecule has 2 fully saturated rings. The molecule has 4 heteroatoms. The number of nitrogens with one attached hydrogen (secondary N) is 1. The van der Waals surface area contributed by atoms with Gasteiger partial charge in [-0.2, -0.15) is 5.10 Å². The average Bonchev–Trinajstić information content (AvgIpc) is 3.04. The van der Waals surface area contributed by atoms with Crippen LogP contribution in [0.15, 0.2) is 29.4 Å². The van der Waals surface area contributed by atoms with Crippen molar-refractivity contribution in [3.63, 3.8) is 0 Å². The van der Waals surface area contributed by atoms with Crippen molar-refractivity contribution < 1.29 is 4.79 Å².